The van der Waals surface area contributed by atoms with E-state index in [-0.39, 0.29) is 5.69 Å². The molecule has 0 spiro atoms. The monoisotopic (exact) mass is 252 g/mol. The number of benzene rings is 1. The van der Waals surface area contributed by atoms with Crippen LogP contribution >= 0.6 is 0 Å². The first-order valence-electron chi connectivity index (χ1n) is 5.65. The van der Waals surface area contributed by atoms with E-state index in [2.05, 4.69) is 5.32 Å². The predicted molar refractivity (Wildman–Crippen MR) is 66.4 cm³/mol. The molecule has 0 aliphatic carbocycles. The van der Waals surface area contributed by atoms with Crippen LogP contribution in [0.4, 0.5) is 10.5 Å². The smallest absolute Gasteiger partial charge is 0.407 e. The molecule has 0 fully saturated rings. The van der Waals surface area contributed by atoms with Gasteiger partial charge in [-0.2, -0.15) is 0 Å². The largest absolute Gasteiger partial charge is 0.441 e. The molecule has 0 aromatic heterocycles. The van der Waals surface area contributed by atoms with Gasteiger partial charge in [0.05, 0.1) is 10.5 Å². The quantitative estimate of drug-likeness (QED) is 0.659. The number of rotatable bonds is 4. The Kier molecular flexibility index (Phi) is 4.65. The minimum absolute atomic E-state index is 0.0383. The van der Waals surface area contributed by atoms with Gasteiger partial charge >= 0.3 is 6.09 Å². The van der Waals surface area contributed by atoms with Crippen LogP contribution in [0.1, 0.15) is 31.1 Å². The minimum atomic E-state index is -0.670. The Morgan fingerprint density at radius 3 is 2.72 bits per heavy atom. The molecule has 0 radical (unpaired) electrons. The first-order chi connectivity index (χ1) is 8.49. The fraction of sp³-hybridized carbons (Fsp3) is 0.417. The number of nitro groups is 1. The Morgan fingerprint density at radius 1 is 1.56 bits per heavy atom. The van der Waals surface area contributed by atoms with E-state index < -0.39 is 17.1 Å². The number of alkyl carbamates (subject to hydrolysis) is 1. The van der Waals surface area contributed by atoms with Crippen molar-refractivity contribution >= 4 is 11.8 Å². The Hall–Kier alpha value is -2.11. The number of ether oxygens (including phenoxy) is 1. The molecule has 1 N–H and O–H groups in total. The van der Waals surface area contributed by atoms with E-state index in [0.717, 1.165) is 12.0 Å². The van der Waals surface area contributed by atoms with Crippen LogP contribution < -0.4 is 5.32 Å². The van der Waals surface area contributed by atoms with Gasteiger partial charge in [0.2, 0.25) is 0 Å². The third-order valence-corrected chi connectivity index (χ3v) is 2.62. The first-order valence-corrected chi connectivity index (χ1v) is 5.65. The van der Waals surface area contributed by atoms with Crippen molar-refractivity contribution < 1.29 is 14.5 Å². The van der Waals surface area contributed by atoms with E-state index in [9.17, 15) is 14.9 Å². The van der Waals surface area contributed by atoms with Crippen LogP contribution in [0, 0.1) is 10.1 Å². The zero-order chi connectivity index (χ0) is 13.7. The van der Waals surface area contributed by atoms with Crippen LogP contribution in [0.3, 0.4) is 0 Å². The highest BCUT2D eigenvalue weighted by atomic mass is 16.6. The van der Waals surface area contributed by atoms with Gasteiger partial charge in [0, 0.05) is 13.1 Å². The van der Waals surface area contributed by atoms with Crippen molar-refractivity contribution in [3.63, 3.8) is 0 Å². The molecule has 98 valence electrons. The van der Waals surface area contributed by atoms with E-state index in [1.807, 2.05) is 6.92 Å². The van der Waals surface area contributed by atoms with E-state index in [1.54, 1.807) is 19.1 Å². The fourth-order valence-electron chi connectivity index (χ4n) is 1.60. The number of hydrogen-bond acceptors (Lipinski definition) is 4. The summed E-state index contributed by atoms with van der Waals surface area (Å²) in [6.07, 6.45) is -0.520. The molecule has 18 heavy (non-hydrogen) atoms. The summed E-state index contributed by atoms with van der Waals surface area (Å²) in [5.74, 6) is 0. The maximum Gasteiger partial charge on any atom is 0.407 e. The number of amides is 1. The summed E-state index contributed by atoms with van der Waals surface area (Å²) >= 11 is 0. The number of nitrogens with zero attached hydrogens (tertiary/aromatic N) is 1. The van der Waals surface area contributed by atoms with E-state index >= 15 is 0 Å². The van der Waals surface area contributed by atoms with Gasteiger partial charge in [-0.25, -0.2) is 4.79 Å². The Morgan fingerprint density at radius 2 is 2.22 bits per heavy atom. The highest BCUT2D eigenvalue weighted by Crippen LogP contribution is 2.28. The number of aryl methyl sites for hydroxylation is 1. The average Bonchev–Trinajstić information content (AvgIpc) is 2.37. The first kappa shape index (κ1) is 14.0. The second kappa shape index (κ2) is 6.00. The number of hydrogen-bond donors (Lipinski definition) is 1. The molecule has 0 saturated heterocycles. The van der Waals surface area contributed by atoms with E-state index in [1.165, 1.54) is 13.1 Å². The zero-order valence-electron chi connectivity index (χ0n) is 10.6. The minimum Gasteiger partial charge on any atom is -0.441 e. The molecule has 1 rings (SSSR count). The molecule has 0 aliphatic rings. The molecule has 1 aromatic carbocycles. The topological polar surface area (TPSA) is 81.5 Å². The molecule has 0 saturated carbocycles. The molecule has 0 aliphatic heterocycles. The van der Waals surface area contributed by atoms with Crippen LogP contribution in [0.2, 0.25) is 0 Å². The molecule has 0 bridgehead atoms. The van der Waals surface area contributed by atoms with Crippen molar-refractivity contribution in [2.24, 2.45) is 0 Å². The van der Waals surface area contributed by atoms with Crippen LogP contribution in [0.5, 0.6) is 0 Å². The lowest BCUT2D eigenvalue weighted by molar-refractivity contribution is -0.386. The molecule has 0 heterocycles. The Labute approximate surface area is 105 Å². The van der Waals surface area contributed by atoms with Gasteiger partial charge in [-0.15, -0.1) is 0 Å². The zero-order valence-corrected chi connectivity index (χ0v) is 10.6. The highest BCUT2D eigenvalue weighted by Gasteiger charge is 2.21. The number of carbonyl (C=O) groups is 1. The summed E-state index contributed by atoms with van der Waals surface area (Å²) in [5, 5.41) is 13.2. The summed E-state index contributed by atoms with van der Waals surface area (Å²) < 4.78 is 5.02. The van der Waals surface area contributed by atoms with Crippen molar-refractivity contribution in [1.82, 2.24) is 5.32 Å². The molecule has 1 amide bonds. The van der Waals surface area contributed by atoms with Crippen molar-refractivity contribution in [3.05, 3.63) is 39.4 Å². The Balaban J connectivity index is 3.10. The van der Waals surface area contributed by atoms with Gasteiger partial charge in [0.25, 0.3) is 5.69 Å². The predicted octanol–water partition coefficient (Wildman–Crippen LogP) is 2.57. The molecular formula is C12H16N2O4. The number of nitrogens with one attached hydrogen (secondary N) is 1. The summed E-state index contributed by atoms with van der Waals surface area (Å²) in [6.45, 7) is 3.56. The number of nitro benzene ring substituents is 1. The molecular weight excluding hydrogens is 236 g/mol. The molecule has 1 unspecified atom stereocenters. The third-order valence-electron chi connectivity index (χ3n) is 2.62. The summed E-state index contributed by atoms with van der Waals surface area (Å²) in [6, 6.07) is 4.85. The summed E-state index contributed by atoms with van der Waals surface area (Å²) in [5.41, 5.74) is 1.33. The maximum atomic E-state index is 11.1. The summed E-state index contributed by atoms with van der Waals surface area (Å²) in [4.78, 5) is 21.6. The molecule has 1 aromatic rings. The lowest BCUT2D eigenvalue weighted by Gasteiger charge is -2.14. The standard InChI is InChI=1S/C12H16N2O4/c1-4-9-5-6-11(14(16)17)10(7-9)8(2)18-12(15)13-3/h5-8H,4H2,1-3H3,(H,13,15). The highest BCUT2D eigenvalue weighted by molar-refractivity contribution is 5.67. The van der Waals surface area contributed by atoms with Crippen molar-refractivity contribution in [2.45, 2.75) is 26.4 Å². The van der Waals surface area contributed by atoms with E-state index in [4.69, 9.17) is 4.74 Å². The average molecular weight is 252 g/mol. The van der Waals surface area contributed by atoms with E-state index in [0.29, 0.717) is 5.56 Å². The van der Waals surface area contributed by atoms with Crippen LogP contribution in [0.15, 0.2) is 18.2 Å². The SMILES string of the molecule is CCc1ccc([N+](=O)[O-])c(C(C)OC(=O)NC)c1. The van der Waals surface area contributed by atoms with Crippen LogP contribution in [0.25, 0.3) is 0 Å². The second-order valence-corrected chi connectivity index (χ2v) is 3.80. The fourth-order valence-corrected chi connectivity index (χ4v) is 1.60. The van der Waals surface area contributed by atoms with Crippen molar-refractivity contribution in [1.29, 1.82) is 0 Å². The van der Waals surface area contributed by atoms with Crippen molar-refractivity contribution in [2.75, 3.05) is 7.05 Å². The second-order valence-electron chi connectivity index (χ2n) is 3.80. The van der Waals surface area contributed by atoms with Crippen LogP contribution in [-0.4, -0.2) is 18.1 Å². The normalized spacial score (nSPS) is 11.7. The lowest BCUT2D eigenvalue weighted by atomic mass is 10.0. The van der Waals surface area contributed by atoms with Crippen LogP contribution in [-0.2, 0) is 11.2 Å². The van der Waals surface area contributed by atoms with Gasteiger partial charge in [0.15, 0.2) is 0 Å². The summed E-state index contributed by atoms with van der Waals surface area (Å²) in [7, 11) is 1.44. The Bertz CT molecular complexity index is 459. The number of carbonyl (C=O) groups excluding carboxylic acids is 1. The van der Waals surface area contributed by atoms with Gasteiger partial charge in [-0.05, 0) is 25.0 Å². The van der Waals surface area contributed by atoms with Gasteiger partial charge in [-0.1, -0.05) is 13.0 Å². The van der Waals surface area contributed by atoms with Gasteiger partial charge < -0.3 is 10.1 Å². The third kappa shape index (κ3) is 3.19. The maximum absolute atomic E-state index is 11.1. The van der Waals surface area contributed by atoms with Gasteiger partial charge in [0.1, 0.15) is 6.10 Å². The lowest BCUT2D eigenvalue weighted by Crippen LogP contribution is -2.21. The molecule has 6 heteroatoms. The van der Waals surface area contributed by atoms with Gasteiger partial charge in [-0.3, -0.25) is 10.1 Å². The molecule has 6 nitrogen and oxygen atoms in total. The van der Waals surface area contributed by atoms with Crippen molar-refractivity contribution in [3.8, 4) is 0 Å². The molecule has 1 atom stereocenters.